The summed E-state index contributed by atoms with van der Waals surface area (Å²) in [5.41, 5.74) is 2.99. The Morgan fingerprint density at radius 3 is 2.30 bits per heavy atom. The lowest BCUT2D eigenvalue weighted by Crippen LogP contribution is -2.56. The van der Waals surface area contributed by atoms with Crippen molar-refractivity contribution in [1.29, 1.82) is 0 Å². The monoisotopic (exact) mass is 498 g/mol. The fourth-order valence-electron chi connectivity index (χ4n) is 6.21. The van der Waals surface area contributed by atoms with Gasteiger partial charge >= 0.3 is 6.03 Å². The quantitative estimate of drug-likeness (QED) is 0.432. The third-order valence-electron chi connectivity index (χ3n) is 8.36. The van der Waals surface area contributed by atoms with Crippen molar-refractivity contribution in [1.82, 2.24) is 15.1 Å². The number of hydrogen-bond donors (Lipinski definition) is 1. The first-order valence-corrected chi connectivity index (χ1v) is 13.7. The van der Waals surface area contributed by atoms with Crippen molar-refractivity contribution in [2.24, 2.45) is 5.92 Å². The number of nitrogens with one attached hydrogen (secondary N) is 1. The van der Waals surface area contributed by atoms with Crippen LogP contribution in [0.5, 0.6) is 0 Å². The molecule has 3 fully saturated rings. The molecule has 1 atom stereocenters. The van der Waals surface area contributed by atoms with E-state index in [1.165, 1.54) is 34.6 Å². The average molecular weight is 499 g/mol. The second kappa shape index (κ2) is 11.4. The van der Waals surface area contributed by atoms with Crippen molar-refractivity contribution >= 4 is 17.6 Å². The van der Waals surface area contributed by atoms with Crippen molar-refractivity contribution < 1.29 is 9.59 Å². The molecule has 0 bridgehead atoms. The van der Waals surface area contributed by atoms with E-state index in [4.69, 9.17) is 0 Å². The molecule has 3 aliphatic rings. The summed E-state index contributed by atoms with van der Waals surface area (Å²) >= 11 is 0. The van der Waals surface area contributed by atoms with Gasteiger partial charge in [-0.1, -0.05) is 48.4 Å². The van der Waals surface area contributed by atoms with Gasteiger partial charge in [-0.3, -0.25) is 14.6 Å². The predicted molar refractivity (Wildman–Crippen MR) is 147 cm³/mol. The predicted octanol–water partition coefficient (Wildman–Crippen LogP) is 4.45. The van der Waals surface area contributed by atoms with Gasteiger partial charge in [0.05, 0.1) is 6.54 Å². The number of imide groups is 1. The highest BCUT2D eigenvalue weighted by molar-refractivity contribution is 6.07. The maximum Gasteiger partial charge on any atom is 0.325 e. The van der Waals surface area contributed by atoms with Crippen LogP contribution in [0.25, 0.3) is 0 Å². The summed E-state index contributed by atoms with van der Waals surface area (Å²) in [6.45, 7) is 6.97. The minimum atomic E-state index is -0.855. The van der Waals surface area contributed by atoms with Crippen molar-refractivity contribution in [3.05, 3.63) is 65.7 Å². The van der Waals surface area contributed by atoms with Crippen molar-refractivity contribution in [2.75, 3.05) is 37.6 Å². The van der Waals surface area contributed by atoms with Crippen LogP contribution in [0.4, 0.5) is 10.5 Å². The van der Waals surface area contributed by atoms with Crippen LogP contribution in [-0.2, 0) is 17.8 Å². The Labute approximate surface area is 221 Å². The van der Waals surface area contributed by atoms with Crippen LogP contribution in [0, 0.1) is 17.8 Å². The summed E-state index contributed by atoms with van der Waals surface area (Å²) in [5.74, 6) is 5.73. The number of anilines is 1. The standard InChI is InChI=1S/C31H38N4O2/c1-2-3-21-35-29(36)31(32-30(35)37,18-15-25-9-5-4-6-10-25)27-16-22-33(23-17-27)24-26-11-13-28(14-12-26)34-19-7-8-20-34/h4-6,9-14,27H,7-8,15-24H2,1H3,(H,32,37). The van der Waals surface area contributed by atoms with Crippen LogP contribution in [0.15, 0.2) is 54.6 Å². The summed E-state index contributed by atoms with van der Waals surface area (Å²) in [7, 11) is 0. The summed E-state index contributed by atoms with van der Waals surface area (Å²) < 4.78 is 0. The Morgan fingerprint density at radius 2 is 1.62 bits per heavy atom. The van der Waals surface area contributed by atoms with Crippen molar-refractivity contribution in [3.8, 4) is 11.8 Å². The largest absolute Gasteiger partial charge is 0.372 e. The number of carbonyl (C=O) groups excluding carboxylic acids is 2. The molecular weight excluding hydrogens is 460 g/mol. The van der Waals surface area contributed by atoms with Gasteiger partial charge in [0.15, 0.2) is 0 Å². The van der Waals surface area contributed by atoms with Crippen LogP contribution in [-0.4, -0.2) is 60.0 Å². The van der Waals surface area contributed by atoms with Crippen LogP contribution in [0.3, 0.4) is 0 Å². The van der Waals surface area contributed by atoms with E-state index in [-0.39, 0.29) is 24.4 Å². The van der Waals surface area contributed by atoms with E-state index >= 15 is 0 Å². The van der Waals surface area contributed by atoms with Gasteiger partial charge in [-0.05, 0) is 87.7 Å². The van der Waals surface area contributed by atoms with E-state index in [0.29, 0.717) is 6.42 Å². The molecule has 3 aliphatic heterocycles. The van der Waals surface area contributed by atoms with E-state index in [0.717, 1.165) is 52.0 Å². The van der Waals surface area contributed by atoms with Gasteiger partial charge in [0, 0.05) is 25.3 Å². The molecular formula is C31H38N4O2. The van der Waals surface area contributed by atoms with E-state index in [9.17, 15) is 9.59 Å². The zero-order valence-corrected chi connectivity index (χ0v) is 21.9. The second-order valence-electron chi connectivity index (χ2n) is 10.6. The van der Waals surface area contributed by atoms with E-state index < -0.39 is 5.54 Å². The first kappa shape index (κ1) is 25.4. The first-order valence-electron chi connectivity index (χ1n) is 13.7. The Morgan fingerprint density at radius 1 is 0.919 bits per heavy atom. The summed E-state index contributed by atoms with van der Waals surface area (Å²) in [6, 6.07) is 19.0. The minimum Gasteiger partial charge on any atom is -0.372 e. The van der Waals surface area contributed by atoms with Crippen LogP contribution < -0.4 is 10.2 Å². The lowest BCUT2D eigenvalue weighted by molar-refractivity contribution is -0.134. The number of piperidine rings is 1. The molecule has 0 saturated carbocycles. The molecule has 6 heteroatoms. The number of likely N-dealkylation sites (tertiary alicyclic amines) is 1. The van der Waals surface area contributed by atoms with Gasteiger partial charge in [0.25, 0.3) is 5.91 Å². The molecule has 37 heavy (non-hydrogen) atoms. The first-order chi connectivity index (χ1) is 18.1. The zero-order chi connectivity index (χ0) is 25.7. The van der Waals surface area contributed by atoms with Crippen LogP contribution >= 0.6 is 0 Å². The molecule has 1 unspecified atom stereocenters. The summed E-state index contributed by atoms with van der Waals surface area (Å²) in [6.07, 6.45) is 5.72. The molecule has 2 aromatic rings. The number of urea groups is 1. The minimum absolute atomic E-state index is 0.105. The van der Waals surface area contributed by atoms with E-state index in [1.807, 2.05) is 18.2 Å². The Kier molecular flexibility index (Phi) is 7.81. The van der Waals surface area contributed by atoms with E-state index in [2.05, 4.69) is 63.4 Å². The lowest BCUT2D eigenvalue weighted by atomic mass is 9.74. The molecule has 0 aliphatic carbocycles. The Balaban J connectivity index is 1.25. The van der Waals surface area contributed by atoms with Crippen molar-refractivity contribution in [2.45, 2.75) is 57.5 Å². The van der Waals surface area contributed by atoms with Gasteiger partial charge in [0.2, 0.25) is 0 Å². The molecule has 6 nitrogen and oxygen atoms in total. The lowest BCUT2D eigenvalue weighted by Gasteiger charge is -2.41. The van der Waals surface area contributed by atoms with Gasteiger partial charge in [-0.2, -0.15) is 0 Å². The van der Waals surface area contributed by atoms with Crippen LogP contribution in [0.2, 0.25) is 0 Å². The molecule has 3 amide bonds. The molecule has 194 valence electrons. The maximum atomic E-state index is 13.7. The van der Waals surface area contributed by atoms with E-state index in [1.54, 1.807) is 6.92 Å². The smallest absolute Gasteiger partial charge is 0.325 e. The number of carbonyl (C=O) groups is 2. The van der Waals surface area contributed by atoms with Gasteiger partial charge in [0.1, 0.15) is 5.54 Å². The fraction of sp³-hybridized carbons (Fsp3) is 0.484. The van der Waals surface area contributed by atoms with Gasteiger partial charge in [-0.15, -0.1) is 5.92 Å². The highest BCUT2D eigenvalue weighted by Crippen LogP contribution is 2.37. The number of amides is 3. The molecule has 5 rings (SSSR count). The number of nitrogens with zero attached hydrogens (tertiary/aromatic N) is 3. The fourth-order valence-corrected chi connectivity index (χ4v) is 6.21. The van der Waals surface area contributed by atoms with Crippen molar-refractivity contribution in [3.63, 3.8) is 0 Å². The maximum absolute atomic E-state index is 13.7. The van der Waals surface area contributed by atoms with Crippen LogP contribution in [0.1, 0.15) is 50.2 Å². The molecule has 3 saturated heterocycles. The number of hydrogen-bond acceptors (Lipinski definition) is 4. The molecule has 0 spiro atoms. The summed E-state index contributed by atoms with van der Waals surface area (Å²) in [5, 5.41) is 3.16. The molecule has 2 aromatic carbocycles. The molecule has 0 aromatic heterocycles. The topological polar surface area (TPSA) is 55.9 Å². The third-order valence-corrected chi connectivity index (χ3v) is 8.36. The number of benzene rings is 2. The highest BCUT2D eigenvalue weighted by Gasteiger charge is 2.55. The molecule has 3 heterocycles. The zero-order valence-electron chi connectivity index (χ0n) is 21.9. The Hall–Kier alpha value is -3.30. The molecule has 1 N–H and O–H groups in total. The normalized spacial score (nSPS) is 22.7. The number of rotatable bonds is 8. The SMILES string of the molecule is CC#CCN1C(=O)NC(CCc2ccccc2)(C2CCN(Cc3ccc(N4CCCC4)cc3)CC2)C1=O. The Bertz CT molecular complexity index is 1140. The number of aryl methyl sites for hydroxylation is 1. The summed E-state index contributed by atoms with van der Waals surface area (Å²) in [4.78, 5) is 32.9. The molecule has 0 radical (unpaired) electrons. The third kappa shape index (κ3) is 5.52. The highest BCUT2D eigenvalue weighted by atomic mass is 16.2. The van der Waals surface area contributed by atoms with Gasteiger partial charge < -0.3 is 10.2 Å². The average Bonchev–Trinajstić information content (AvgIpc) is 3.55. The second-order valence-corrected chi connectivity index (χ2v) is 10.6. The van der Waals surface area contributed by atoms with Gasteiger partial charge in [-0.25, -0.2) is 4.79 Å².